The van der Waals surface area contributed by atoms with Gasteiger partial charge in [-0.15, -0.1) is 0 Å². The van der Waals surface area contributed by atoms with Crippen LogP contribution in [0.2, 0.25) is 0 Å². The molecule has 12 heavy (non-hydrogen) atoms. The van der Waals surface area contributed by atoms with Gasteiger partial charge in [0.25, 0.3) is 10.2 Å². The van der Waals surface area contributed by atoms with E-state index in [1.165, 1.54) is 0 Å². The van der Waals surface area contributed by atoms with Crippen LogP contribution in [0.15, 0.2) is 24.3 Å². The maximum Gasteiger partial charge on any atom is 0.296 e. The van der Waals surface area contributed by atoms with Crippen LogP contribution in [0.4, 0.5) is 5.69 Å². The number of anilines is 1. The molecule has 0 fully saturated rings. The van der Waals surface area contributed by atoms with Crippen LogP contribution >= 0.6 is 22.6 Å². The molecule has 0 saturated carbocycles. The minimum absolute atomic E-state index is 0.470. The molecule has 1 rings (SSSR count). The fourth-order valence-electron chi connectivity index (χ4n) is 0.682. The predicted octanol–water partition coefficient (Wildman–Crippen LogP) is 0.907. The van der Waals surface area contributed by atoms with E-state index in [2.05, 4.69) is 27.3 Å². The Balaban J connectivity index is 2.85. The van der Waals surface area contributed by atoms with Crippen LogP contribution in [0.5, 0.6) is 0 Å². The molecule has 0 aliphatic carbocycles. The average Bonchev–Trinajstić information content (AvgIpc) is 1.91. The van der Waals surface area contributed by atoms with Gasteiger partial charge in [0.05, 0.1) is 0 Å². The summed E-state index contributed by atoms with van der Waals surface area (Å²) in [5, 5.41) is 4.76. The topological polar surface area (TPSA) is 72.2 Å². The standard InChI is InChI=1S/C6H7IN2O2S/c7-5-1-3-6(4-2-5)9-12(8,10)11/h1-4,9H,(H2,8,10,11). The monoisotopic (exact) mass is 298 g/mol. The third-order valence-electron chi connectivity index (χ3n) is 1.10. The SMILES string of the molecule is NS(=O)(=O)Nc1ccc(I)cc1. The van der Waals surface area contributed by atoms with E-state index in [4.69, 9.17) is 5.14 Å². The molecule has 1 aromatic carbocycles. The summed E-state index contributed by atoms with van der Waals surface area (Å²) in [5.74, 6) is 0. The first-order chi connectivity index (χ1) is 5.47. The van der Waals surface area contributed by atoms with Crippen LogP contribution in [-0.2, 0) is 10.2 Å². The van der Waals surface area contributed by atoms with Crippen molar-refractivity contribution in [1.82, 2.24) is 0 Å². The third-order valence-corrected chi connectivity index (χ3v) is 2.34. The number of nitrogens with one attached hydrogen (secondary N) is 1. The van der Waals surface area contributed by atoms with E-state index in [1.807, 2.05) is 0 Å². The number of hydrogen-bond donors (Lipinski definition) is 2. The number of halogens is 1. The summed E-state index contributed by atoms with van der Waals surface area (Å²) in [6.07, 6.45) is 0. The summed E-state index contributed by atoms with van der Waals surface area (Å²) in [7, 11) is -3.64. The Kier molecular flexibility index (Phi) is 2.91. The maximum absolute atomic E-state index is 10.6. The van der Waals surface area contributed by atoms with Crippen LogP contribution < -0.4 is 9.86 Å². The van der Waals surface area contributed by atoms with E-state index < -0.39 is 10.2 Å². The van der Waals surface area contributed by atoms with Crippen molar-refractivity contribution in [2.24, 2.45) is 5.14 Å². The zero-order valence-corrected chi connectivity index (χ0v) is 8.96. The lowest BCUT2D eigenvalue weighted by Crippen LogP contribution is -2.21. The van der Waals surface area contributed by atoms with Gasteiger partial charge in [0.15, 0.2) is 0 Å². The maximum atomic E-state index is 10.6. The zero-order valence-electron chi connectivity index (χ0n) is 5.99. The molecule has 0 bridgehead atoms. The highest BCUT2D eigenvalue weighted by atomic mass is 127. The van der Waals surface area contributed by atoms with Gasteiger partial charge >= 0.3 is 0 Å². The molecule has 0 amide bonds. The lowest BCUT2D eigenvalue weighted by atomic mass is 10.3. The second kappa shape index (κ2) is 3.58. The molecule has 0 saturated heterocycles. The first kappa shape index (κ1) is 9.75. The van der Waals surface area contributed by atoms with Crippen molar-refractivity contribution in [1.29, 1.82) is 0 Å². The number of nitrogens with two attached hydrogens (primary N) is 1. The Morgan fingerprint density at radius 3 is 2.17 bits per heavy atom. The van der Waals surface area contributed by atoms with Crippen molar-refractivity contribution in [3.8, 4) is 0 Å². The smallest absolute Gasteiger partial charge is 0.271 e. The molecular weight excluding hydrogens is 291 g/mol. The molecule has 0 aliphatic heterocycles. The van der Waals surface area contributed by atoms with Crippen LogP contribution in [0, 0.1) is 3.57 Å². The van der Waals surface area contributed by atoms with Gasteiger partial charge in [0, 0.05) is 9.26 Å². The first-order valence-corrected chi connectivity index (χ1v) is 5.66. The Morgan fingerprint density at radius 1 is 1.25 bits per heavy atom. The molecule has 0 radical (unpaired) electrons. The fraction of sp³-hybridized carbons (Fsp3) is 0. The summed E-state index contributed by atoms with van der Waals surface area (Å²) >= 11 is 2.13. The Labute approximate surface area is 84.5 Å². The lowest BCUT2D eigenvalue weighted by Gasteiger charge is -2.01. The Hall–Kier alpha value is -0.340. The highest BCUT2D eigenvalue weighted by molar-refractivity contribution is 14.1. The van der Waals surface area contributed by atoms with Crippen molar-refractivity contribution in [3.63, 3.8) is 0 Å². The molecule has 0 atom stereocenters. The van der Waals surface area contributed by atoms with Gasteiger partial charge in [-0.3, -0.25) is 4.72 Å². The third kappa shape index (κ3) is 3.37. The van der Waals surface area contributed by atoms with Gasteiger partial charge in [-0.25, -0.2) is 5.14 Å². The quantitative estimate of drug-likeness (QED) is 0.797. The van der Waals surface area contributed by atoms with E-state index in [1.54, 1.807) is 24.3 Å². The van der Waals surface area contributed by atoms with Crippen molar-refractivity contribution in [2.75, 3.05) is 4.72 Å². The molecule has 0 aliphatic rings. The molecule has 1 aromatic rings. The molecule has 0 aromatic heterocycles. The molecule has 66 valence electrons. The van der Waals surface area contributed by atoms with Gasteiger partial charge in [0.1, 0.15) is 0 Å². The summed E-state index contributed by atoms with van der Waals surface area (Å²) in [6.45, 7) is 0. The average molecular weight is 298 g/mol. The van der Waals surface area contributed by atoms with Gasteiger partial charge in [-0.2, -0.15) is 8.42 Å². The molecule has 4 nitrogen and oxygen atoms in total. The van der Waals surface area contributed by atoms with Crippen LogP contribution in [-0.4, -0.2) is 8.42 Å². The van der Waals surface area contributed by atoms with Crippen LogP contribution in [0.1, 0.15) is 0 Å². The minimum Gasteiger partial charge on any atom is -0.271 e. The predicted molar refractivity (Wildman–Crippen MR) is 55.9 cm³/mol. The highest BCUT2D eigenvalue weighted by Gasteiger charge is 2.00. The van der Waals surface area contributed by atoms with Crippen molar-refractivity contribution in [3.05, 3.63) is 27.8 Å². The summed E-state index contributed by atoms with van der Waals surface area (Å²) in [4.78, 5) is 0. The van der Waals surface area contributed by atoms with Gasteiger partial charge in [-0.1, -0.05) is 0 Å². The molecule has 0 unspecified atom stereocenters. The van der Waals surface area contributed by atoms with E-state index in [-0.39, 0.29) is 0 Å². The number of hydrogen-bond acceptors (Lipinski definition) is 2. The summed E-state index contributed by atoms with van der Waals surface area (Å²) in [6, 6.07) is 6.86. The second-order valence-corrected chi connectivity index (χ2v) is 4.69. The van der Waals surface area contributed by atoms with Crippen LogP contribution in [0.3, 0.4) is 0 Å². The molecule has 6 heteroatoms. The van der Waals surface area contributed by atoms with E-state index >= 15 is 0 Å². The van der Waals surface area contributed by atoms with Crippen molar-refractivity contribution < 1.29 is 8.42 Å². The number of benzene rings is 1. The Morgan fingerprint density at radius 2 is 1.75 bits per heavy atom. The number of rotatable bonds is 2. The van der Waals surface area contributed by atoms with E-state index in [9.17, 15) is 8.42 Å². The molecule has 0 heterocycles. The van der Waals surface area contributed by atoms with Gasteiger partial charge in [0.2, 0.25) is 0 Å². The van der Waals surface area contributed by atoms with Crippen molar-refractivity contribution in [2.45, 2.75) is 0 Å². The zero-order chi connectivity index (χ0) is 9.19. The minimum atomic E-state index is -3.64. The van der Waals surface area contributed by atoms with Crippen LogP contribution in [0.25, 0.3) is 0 Å². The van der Waals surface area contributed by atoms with E-state index in [0.717, 1.165) is 3.57 Å². The summed E-state index contributed by atoms with van der Waals surface area (Å²) in [5.41, 5.74) is 0.470. The van der Waals surface area contributed by atoms with E-state index in [0.29, 0.717) is 5.69 Å². The van der Waals surface area contributed by atoms with Crippen molar-refractivity contribution >= 4 is 38.5 Å². The van der Waals surface area contributed by atoms with Gasteiger partial charge < -0.3 is 0 Å². The highest BCUT2D eigenvalue weighted by Crippen LogP contribution is 2.11. The Bertz CT molecular complexity index is 360. The lowest BCUT2D eigenvalue weighted by molar-refractivity contribution is 0.603. The van der Waals surface area contributed by atoms with Gasteiger partial charge in [-0.05, 0) is 46.9 Å². The summed E-state index contributed by atoms with van der Waals surface area (Å²) < 4.78 is 24.3. The first-order valence-electron chi connectivity index (χ1n) is 3.03. The normalized spacial score (nSPS) is 11.2. The largest absolute Gasteiger partial charge is 0.296 e. The molecule has 0 spiro atoms. The molecular formula is C6H7IN2O2S. The second-order valence-electron chi connectivity index (χ2n) is 2.15. The fourth-order valence-corrected chi connectivity index (χ4v) is 1.51. The molecule has 3 N–H and O–H groups in total.